The lowest BCUT2D eigenvalue weighted by atomic mass is 10.2. The summed E-state index contributed by atoms with van der Waals surface area (Å²) in [6.07, 6.45) is 0.508. The Morgan fingerprint density at radius 1 is 0.852 bits per heavy atom. The molecule has 0 aliphatic heterocycles. The van der Waals surface area contributed by atoms with Gasteiger partial charge in [0.15, 0.2) is 0 Å². The van der Waals surface area contributed by atoms with E-state index in [1.165, 1.54) is 7.11 Å². The van der Waals surface area contributed by atoms with Crippen LogP contribution in [0.25, 0.3) is 0 Å². The van der Waals surface area contributed by atoms with Crippen LogP contribution in [-0.4, -0.2) is 33.1 Å². The summed E-state index contributed by atoms with van der Waals surface area (Å²) >= 11 is 0. The molecular weight excluding hydrogens is 348 g/mol. The molecule has 2 unspecified atom stereocenters. The number of nitrogens with one attached hydrogen (secondary N) is 2. The first kappa shape index (κ1) is 18.6. The molecule has 7 heteroatoms. The van der Waals surface area contributed by atoms with E-state index in [0.717, 1.165) is 0 Å². The topological polar surface area (TPSA) is 85.9 Å². The number of benzene rings is 2. The smallest absolute Gasteiger partial charge is 0.228 e. The fourth-order valence-electron chi connectivity index (χ4n) is 2.85. The van der Waals surface area contributed by atoms with Gasteiger partial charge in [0.05, 0.1) is 38.9 Å². The Hall–Kier alpha value is -3.22. The molecule has 1 fully saturated rings. The minimum Gasteiger partial charge on any atom is -0.497 e. The van der Waals surface area contributed by atoms with Gasteiger partial charge in [0, 0.05) is 17.8 Å². The summed E-state index contributed by atoms with van der Waals surface area (Å²) in [6, 6.07) is 12.2. The molecular formula is C20H22N2O5. The first-order valence-electron chi connectivity index (χ1n) is 8.53. The lowest BCUT2D eigenvalue weighted by molar-refractivity contribution is -0.122. The molecule has 2 amide bonds. The maximum Gasteiger partial charge on any atom is 0.228 e. The number of hydrogen-bond acceptors (Lipinski definition) is 5. The van der Waals surface area contributed by atoms with Crippen molar-refractivity contribution < 1.29 is 23.8 Å². The summed E-state index contributed by atoms with van der Waals surface area (Å²) in [6.45, 7) is 0. The van der Waals surface area contributed by atoms with E-state index in [9.17, 15) is 9.59 Å². The van der Waals surface area contributed by atoms with E-state index in [2.05, 4.69) is 10.6 Å². The molecule has 27 heavy (non-hydrogen) atoms. The van der Waals surface area contributed by atoms with Crippen LogP contribution in [0.4, 0.5) is 11.4 Å². The van der Waals surface area contributed by atoms with Crippen molar-refractivity contribution in [2.45, 2.75) is 6.42 Å². The molecule has 142 valence electrons. The lowest BCUT2D eigenvalue weighted by Gasteiger charge is -2.12. The summed E-state index contributed by atoms with van der Waals surface area (Å²) in [5, 5.41) is 5.65. The van der Waals surface area contributed by atoms with Crippen molar-refractivity contribution in [3.63, 3.8) is 0 Å². The normalized spacial score (nSPS) is 17.6. The van der Waals surface area contributed by atoms with Gasteiger partial charge in [0.2, 0.25) is 11.8 Å². The third-order valence-electron chi connectivity index (χ3n) is 4.47. The molecule has 0 spiro atoms. The van der Waals surface area contributed by atoms with Crippen LogP contribution < -0.4 is 24.8 Å². The minimum atomic E-state index is -0.369. The van der Waals surface area contributed by atoms with E-state index in [4.69, 9.17) is 14.2 Å². The molecule has 2 atom stereocenters. The number of carbonyl (C=O) groups excluding carboxylic acids is 2. The molecule has 2 aromatic rings. The highest BCUT2D eigenvalue weighted by Gasteiger charge is 2.48. The van der Waals surface area contributed by atoms with Crippen LogP contribution in [0.1, 0.15) is 6.42 Å². The minimum absolute atomic E-state index is 0.180. The molecule has 0 bridgehead atoms. The number of methoxy groups -OCH3 is 3. The molecule has 1 aliphatic carbocycles. The van der Waals surface area contributed by atoms with Gasteiger partial charge in [-0.1, -0.05) is 6.07 Å². The Morgan fingerprint density at radius 2 is 1.52 bits per heavy atom. The molecule has 1 saturated carbocycles. The summed E-state index contributed by atoms with van der Waals surface area (Å²) in [5.41, 5.74) is 1.15. The second-order valence-corrected chi connectivity index (χ2v) is 6.23. The van der Waals surface area contributed by atoms with E-state index in [1.807, 2.05) is 0 Å². The van der Waals surface area contributed by atoms with Gasteiger partial charge >= 0.3 is 0 Å². The van der Waals surface area contributed by atoms with Crippen molar-refractivity contribution in [3.05, 3.63) is 42.5 Å². The molecule has 0 saturated heterocycles. The number of ether oxygens (including phenoxy) is 3. The predicted octanol–water partition coefficient (Wildman–Crippen LogP) is 2.93. The zero-order valence-corrected chi connectivity index (χ0v) is 15.4. The predicted molar refractivity (Wildman–Crippen MR) is 101 cm³/mol. The molecule has 0 aromatic heterocycles. The molecule has 3 rings (SSSR count). The maximum atomic E-state index is 12.5. The third kappa shape index (κ3) is 4.31. The quantitative estimate of drug-likeness (QED) is 0.783. The van der Waals surface area contributed by atoms with Crippen molar-refractivity contribution in [3.8, 4) is 17.2 Å². The van der Waals surface area contributed by atoms with Crippen LogP contribution in [0.5, 0.6) is 17.2 Å². The first-order chi connectivity index (χ1) is 13.0. The number of amides is 2. The van der Waals surface area contributed by atoms with Crippen molar-refractivity contribution >= 4 is 23.2 Å². The Kier molecular flexibility index (Phi) is 5.49. The Bertz CT molecular complexity index is 852. The average Bonchev–Trinajstić information content (AvgIpc) is 3.49. The summed E-state index contributed by atoms with van der Waals surface area (Å²) in [4.78, 5) is 24.9. The highest BCUT2D eigenvalue weighted by Crippen LogP contribution is 2.41. The van der Waals surface area contributed by atoms with Gasteiger partial charge in [-0.3, -0.25) is 9.59 Å². The fourth-order valence-corrected chi connectivity index (χ4v) is 2.85. The van der Waals surface area contributed by atoms with Crippen LogP contribution in [0.3, 0.4) is 0 Å². The van der Waals surface area contributed by atoms with Gasteiger partial charge in [-0.25, -0.2) is 0 Å². The van der Waals surface area contributed by atoms with Crippen LogP contribution in [0, 0.1) is 11.8 Å². The zero-order valence-electron chi connectivity index (χ0n) is 15.4. The van der Waals surface area contributed by atoms with Gasteiger partial charge in [-0.05, 0) is 30.7 Å². The van der Waals surface area contributed by atoms with Crippen LogP contribution in [-0.2, 0) is 9.59 Å². The number of anilines is 2. The van der Waals surface area contributed by atoms with E-state index in [-0.39, 0.29) is 23.7 Å². The number of hydrogen-bond donors (Lipinski definition) is 2. The Balaban J connectivity index is 1.61. The number of rotatable bonds is 7. The maximum absolute atomic E-state index is 12.5. The molecule has 2 N–H and O–H groups in total. The molecule has 2 aromatic carbocycles. The van der Waals surface area contributed by atoms with Gasteiger partial charge in [-0.2, -0.15) is 0 Å². The summed E-state index contributed by atoms with van der Waals surface area (Å²) in [7, 11) is 4.64. The van der Waals surface area contributed by atoms with E-state index >= 15 is 0 Å². The van der Waals surface area contributed by atoms with Gasteiger partial charge in [-0.15, -0.1) is 0 Å². The van der Waals surface area contributed by atoms with E-state index < -0.39 is 0 Å². The fraction of sp³-hybridized carbons (Fsp3) is 0.300. The van der Waals surface area contributed by atoms with Crippen molar-refractivity contribution in [1.82, 2.24) is 0 Å². The van der Waals surface area contributed by atoms with E-state index in [0.29, 0.717) is 35.0 Å². The highest BCUT2D eigenvalue weighted by atomic mass is 16.5. The Labute approximate surface area is 157 Å². The van der Waals surface area contributed by atoms with Gasteiger partial charge in [0.25, 0.3) is 0 Å². The number of carbonyl (C=O) groups is 2. The van der Waals surface area contributed by atoms with Crippen molar-refractivity contribution in [2.75, 3.05) is 32.0 Å². The lowest BCUT2D eigenvalue weighted by Crippen LogP contribution is -2.20. The second kappa shape index (κ2) is 7.99. The van der Waals surface area contributed by atoms with Crippen LogP contribution in [0.15, 0.2) is 42.5 Å². The first-order valence-corrected chi connectivity index (χ1v) is 8.53. The zero-order chi connectivity index (χ0) is 19.4. The van der Waals surface area contributed by atoms with Crippen molar-refractivity contribution in [1.29, 1.82) is 0 Å². The van der Waals surface area contributed by atoms with Gasteiger partial charge in [0.1, 0.15) is 17.2 Å². The highest BCUT2D eigenvalue weighted by molar-refractivity contribution is 6.03. The molecule has 0 heterocycles. The van der Waals surface area contributed by atoms with Crippen LogP contribution in [0.2, 0.25) is 0 Å². The molecule has 0 radical (unpaired) electrons. The molecule has 7 nitrogen and oxygen atoms in total. The largest absolute Gasteiger partial charge is 0.497 e. The van der Waals surface area contributed by atoms with Crippen LogP contribution >= 0.6 is 0 Å². The van der Waals surface area contributed by atoms with E-state index in [1.54, 1.807) is 56.7 Å². The molecule has 1 aliphatic rings. The standard InChI is InChI=1S/C20H22N2O5/c1-25-13-6-4-5-12(9-13)21-19(23)15-11-16(15)20(24)22-17-10-14(26-2)7-8-18(17)27-3/h4-10,15-16H,11H2,1-3H3,(H,21,23)(H,22,24). The summed E-state index contributed by atoms with van der Waals surface area (Å²) < 4.78 is 15.6. The average molecular weight is 370 g/mol. The van der Waals surface area contributed by atoms with Crippen molar-refractivity contribution in [2.24, 2.45) is 11.8 Å². The third-order valence-corrected chi connectivity index (χ3v) is 4.47. The SMILES string of the molecule is COc1cccc(NC(=O)C2CC2C(=O)Nc2cc(OC)ccc2OC)c1. The monoisotopic (exact) mass is 370 g/mol. The van der Waals surface area contributed by atoms with Gasteiger partial charge < -0.3 is 24.8 Å². The Morgan fingerprint density at radius 3 is 2.19 bits per heavy atom. The summed E-state index contributed by atoms with van der Waals surface area (Å²) in [5.74, 6) is 0.673. The second-order valence-electron chi connectivity index (χ2n) is 6.23.